The van der Waals surface area contributed by atoms with Crippen molar-refractivity contribution in [1.29, 1.82) is 0 Å². The number of aromatic nitrogens is 4. The Morgan fingerprint density at radius 2 is 1.69 bits per heavy atom. The maximum atomic E-state index is 12.3. The quantitative estimate of drug-likeness (QED) is 0.424. The van der Waals surface area contributed by atoms with Gasteiger partial charge in [-0.2, -0.15) is 4.98 Å². The first-order valence-electron chi connectivity index (χ1n) is 10.6. The van der Waals surface area contributed by atoms with Gasteiger partial charge in [0.2, 0.25) is 11.1 Å². The second kappa shape index (κ2) is 9.12. The number of fused-ring (bicyclic) bond motifs is 1. The molecule has 7 heteroatoms. The van der Waals surface area contributed by atoms with Gasteiger partial charge in [0, 0.05) is 23.5 Å². The van der Waals surface area contributed by atoms with Gasteiger partial charge in [0.25, 0.3) is 5.78 Å². The Bertz CT molecular complexity index is 1290. The highest BCUT2D eigenvalue weighted by molar-refractivity contribution is 7.99. The average molecular weight is 446 g/mol. The van der Waals surface area contributed by atoms with Gasteiger partial charge in [-0.1, -0.05) is 53.2 Å². The molecule has 0 atom stereocenters. The fraction of sp³-hybridized carbons (Fsp3) is 0.280. The van der Waals surface area contributed by atoms with Crippen LogP contribution in [0.1, 0.15) is 39.2 Å². The van der Waals surface area contributed by atoms with Gasteiger partial charge >= 0.3 is 0 Å². The highest BCUT2D eigenvalue weighted by Gasteiger charge is 2.16. The molecule has 4 aromatic rings. The Labute approximate surface area is 192 Å². The molecular weight excluding hydrogens is 418 g/mol. The molecule has 0 saturated heterocycles. The lowest BCUT2D eigenvalue weighted by molar-refractivity contribution is -0.113. The molecule has 1 amide bonds. The molecule has 4 rings (SSSR count). The topological polar surface area (TPSA) is 72.2 Å². The van der Waals surface area contributed by atoms with E-state index in [-0.39, 0.29) is 11.7 Å². The summed E-state index contributed by atoms with van der Waals surface area (Å²) in [5, 5.41) is 8.06. The van der Waals surface area contributed by atoms with Crippen LogP contribution >= 0.6 is 11.8 Å². The molecule has 0 aliphatic rings. The molecule has 1 N–H and O–H groups in total. The molecule has 0 aliphatic heterocycles. The molecule has 0 spiro atoms. The van der Waals surface area contributed by atoms with Crippen molar-refractivity contribution in [2.75, 3.05) is 11.1 Å². The Balaban J connectivity index is 1.51. The molecule has 0 unspecified atom stereocenters. The van der Waals surface area contributed by atoms with E-state index in [4.69, 9.17) is 0 Å². The number of thioether (sulfide) groups is 1. The zero-order valence-electron chi connectivity index (χ0n) is 19.1. The first-order chi connectivity index (χ1) is 15.3. The Hall–Kier alpha value is -3.19. The third-order valence-electron chi connectivity index (χ3n) is 5.57. The number of benzene rings is 2. The molecule has 164 valence electrons. The second-order valence-electron chi connectivity index (χ2n) is 8.18. The zero-order valence-corrected chi connectivity index (χ0v) is 19.9. The largest absolute Gasteiger partial charge is 0.325 e. The van der Waals surface area contributed by atoms with Crippen molar-refractivity contribution >= 4 is 29.1 Å². The van der Waals surface area contributed by atoms with E-state index < -0.39 is 0 Å². The number of rotatable bonds is 6. The minimum Gasteiger partial charge on any atom is -0.325 e. The number of nitrogens with zero attached hydrogens (tertiary/aromatic N) is 4. The van der Waals surface area contributed by atoms with Crippen LogP contribution in [0.25, 0.3) is 5.78 Å². The van der Waals surface area contributed by atoms with Crippen LogP contribution in [0, 0.1) is 34.6 Å². The number of nitrogens with one attached hydrogen (secondary N) is 1. The van der Waals surface area contributed by atoms with Crippen molar-refractivity contribution in [2.45, 2.75) is 46.2 Å². The van der Waals surface area contributed by atoms with Crippen molar-refractivity contribution in [3.63, 3.8) is 0 Å². The minimum atomic E-state index is -0.0887. The van der Waals surface area contributed by atoms with E-state index in [1.807, 2.05) is 38.1 Å². The molecule has 0 fully saturated rings. The third kappa shape index (κ3) is 4.83. The van der Waals surface area contributed by atoms with Crippen LogP contribution < -0.4 is 5.32 Å². The molecule has 2 aromatic carbocycles. The third-order valence-corrected chi connectivity index (χ3v) is 6.41. The zero-order chi connectivity index (χ0) is 22.8. The van der Waals surface area contributed by atoms with E-state index in [0.717, 1.165) is 34.6 Å². The van der Waals surface area contributed by atoms with E-state index in [1.54, 1.807) is 4.52 Å². The van der Waals surface area contributed by atoms with Crippen molar-refractivity contribution in [3.05, 3.63) is 81.7 Å². The summed E-state index contributed by atoms with van der Waals surface area (Å²) >= 11 is 1.31. The maximum absolute atomic E-state index is 12.3. The lowest BCUT2D eigenvalue weighted by Crippen LogP contribution is -2.14. The molecule has 32 heavy (non-hydrogen) atoms. The van der Waals surface area contributed by atoms with E-state index in [0.29, 0.717) is 10.9 Å². The van der Waals surface area contributed by atoms with Crippen molar-refractivity contribution in [1.82, 2.24) is 19.6 Å². The van der Waals surface area contributed by atoms with Gasteiger partial charge in [-0.3, -0.25) is 4.79 Å². The standard InChI is InChI=1S/C25H27N5OS/c1-15-7-10-21(11-8-15)27-23(31)14-32-25-28-24-26-18(4)22(19(5)30(24)29-25)13-20-12-16(2)6-9-17(20)3/h6-12H,13-14H2,1-5H3,(H,27,31). The minimum absolute atomic E-state index is 0.0887. The molecule has 0 radical (unpaired) electrons. The molecule has 2 aromatic heterocycles. The number of carbonyl (C=O) groups is 1. The van der Waals surface area contributed by atoms with Crippen molar-refractivity contribution in [2.24, 2.45) is 0 Å². The van der Waals surface area contributed by atoms with Gasteiger partial charge in [-0.15, -0.1) is 5.10 Å². The van der Waals surface area contributed by atoms with Crippen LogP contribution in [0.4, 0.5) is 5.69 Å². The Morgan fingerprint density at radius 3 is 2.44 bits per heavy atom. The summed E-state index contributed by atoms with van der Waals surface area (Å²) in [6, 6.07) is 14.3. The number of amides is 1. The van der Waals surface area contributed by atoms with E-state index in [1.165, 1.54) is 28.5 Å². The van der Waals surface area contributed by atoms with Gasteiger partial charge in [0.15, 0.2) is 0 Å². The molecule has 0 bridgehead atoms. The lowest BCUT2D eigenvalue weighted by atomic mass is 9.97. The van der Waals surface area contributed by atoms with E-state index in [2.05, 4.69) is 59.4 Å². The van der Waals surface area contributed by atoms with Crippen molar-refractivity contribution < 1.29 is 4.79 Å². The summed E-state index contributed by atoms with van der Waals surface area (Å²) in [7, 11) is 0. The molecule has 0 aliphatic carbocycles. The monoisotopic (exact) mass is 445 g/mol. The van der Waals surface area contributed by atoms with E-state index >= 15 is 0 Å². The van der Waals surface area contributed by atoms with Gasteiger partial charge in [-0.05, 0) is 63.4 Å². The normalized spacial score (nSPS) is 11.2. The van der Waals surface area contributed by atoms with Gasteiger partial charge < -0.3 is 5.32 Å². The summed E-state index contributed by atoms with van der Waals surface area (Å²) < 4.78 is 1.79. The van der Waals surface area contributed by atoms with Gasteiger partial charge in [0.1, 0.15) is 0 Å². The predicted octanol–water partition coefficient (Wildman–Crippen LogP) is 4.99. The fourth-order valence-corrected chi connectivity index (χ4v) is 4.27. The Kier molecular flexibility index (Phi) is 6.28. The number of anilines is 1. The first kappa shape index (κ1) is 22.0. The number of aryl methyl sites for hydroxylation is 5. The lowest BCUT2D eigenvalue weighted by Gasteiger charge is -2.12. The van der Waals surface area contributed by atoms with Crippen LogP contribution in [0.2, 0.25) is 0 Å². The molecule has 2 heterocycles. The van der Waals surface area contributed by atoms with Crippen LogP contribution in [-0.2, 0) is 11.2 Å². The summed E-state index contributed by atoms with van der Waals surface area (Å²) in [4.78, 5) is 21.5. The van der Waals surface area contributed by atoms with Crippen LogP contribution in [0.15, 0.2) is 47.6 Å². The van der Waals surface area contributed by atoms with Crippen molar-refractivity contribution in [3.8, 4) is 0 Å². The van der Waals surface area contributed by atoms with Crippen LogP contribution in [0.3, 0.4) is 0 Å². The maximum Gasteiger partial charge on any atom is 0.253 e. The molecule has 6 nitrogen and oxygen atoms in total. The van der Waals surface area contributed by atoms with E-state index in [9.17, 15) is 4.79 Å². The highest BCUT2D eigenvalue weighted by atomic mass is 32.2. The van der Waals surface area contributed by atoms with Crippen LogP contribution in [-0.4, -0.2) is 31.2 Å². The summed E-state index contributed by atoms with van der Waals surface area (Å²) in [6.45, 7) is 10.3. The predicted molar refractivity (Wildman–Crippen MR) is 130 cm³/mol. The first-order valence-corrected chi connectivity index (χ1v) is 11.6. The number of carbonyl (C=O) groups excluding carboxylic acids is 1. The number of hydrogen-bond acceptors (Lipinski definition) is 5. The summed E-state index contributed by atoms with van der Waals surface area (Å²) in [5.41, 5.74) is 8.88. The van der Waals surface area contributed by atoms with Gasteiger partial charge in [-0.25, -0.2) is 9.50 Å². The van der Waals surface area contributed by atoms with Crippen LogP contribution in [0.5, 0.6) is 0 Å². The SMILES string of the molecule is Cc1ccc(NC(=O)CSc2nc3nc(C)c(Cc4cc(C)ccc4C)c(C)n3n2)cc1. The fourth-order valence-electron chi connectivity index (χ4n) is 3.65. The summed E-state index contributed by atoms with van der Waals surface area (Å²) in [5.74, 6) is 0.707. The van der Waals surface area contributed by atoms with Gasteiger partial charge in [0.05, 0.1) is 5.75 Å². The average Bonchev–Trinajstić information content (AvgIpc) is 3.16. The summed E-state index contributed by atoms with van der Waals surface area (Å²) in [6.07, 6.45) is 0.801. The second-order valence-corrected chi connectivity index (χ2v) is 9.12. The molecular formula is C25H27N5OS. The highest BCUT2D eigenvalue weighted by Crippen LogP contribution is 2.22. The Morgan fingerprint density at radius 1 is 0.969 bits per heavy atom. The molecule has 0 saturated carbocycles. The smallest absolute Gasteiger partial charge is 0.253 e. The number of hydrogen-bond donors (Lipinski definition) is 1.